The highest BCUT2D eigenvalue weighted by Crippen LogP contribution is 2.28. The van der Waals surface area contributed by atoms with Crippen molar-refractivity contribution in [2.75, 3.05) is 0 Å². The Morgan fingerprint density at radius 1 is 0.913 bits per heavy atom. The van der Waals surface area contributed by atoms with Gasteiger partial charge in [0.15, 0.2) is 0 Å². The topological polar surface area (TPSA) is 47.7 Å². The van der Waals surface area contributed by atoms with Crippen LogP contribution in [0.15, 0.2) is 35.5 Å². The van der Waals surface area contributed by atoms with Crippen molar-refractivity contribution in [3.63, 3.8) is 0 Å². The molecule has 2 unspecified atom stereocenters. The van der Waals surface area contributed by atoms with Crippen LogP contribution in [0.1, 0.15) is 61.8 Å². The molecule has 0 radical (unpaired) electrons. The summed E-state index contributed by atoms with van der Waals surface area (Å²) in [4.78, 5) is 11.2. The first-order valence-electron chi connectivity index (χ1n) is 8.37. The Labute approximate surface area is 141 Å². The fourth-order valence-electron chi connectivity index (χ4n) is 2.88. The van der Waals surface area contributed by atoms with Crippen molar-refractivity contribution in [1.82, 2.24) is 5.06 Å². The fraction of sp³-hybridized carbons (Fsp3) is 0.684. The first-order valence-corrected chi connectivity index (χ1v) is 8.37. The van der Waals surface area contributed by atoms with Crippen LogP contribution in [0.5, 0.6) is 0 Å². The van der Waals surface area contributed by atoms with Gasteiger partial charge in [-0.3, -0.25) is 9.68 Å². The van der Waals surface area contributed by atoms with E-state index in [2.05, 4.69) is 77.8 Å². The molecule has 0 aromatic carbocycles. The number of hydroxylamine groups is 2. The minimum absolute atomic E-state index is 0.0217. The molecular formula is C19H34N2O2. The molecule has 0 bridgehead atoms. The van der Waals surface area contributed by atoms with E-state index < -0.39 is 0 Å². The highest BCUT2D eigenvalue weighted by atomic mass is 16.7. The van der Waals surface area contributed by atoms with Crippen LogP contribution < -0.4 is 5.90 Å². The molecule has 4 heteroatoms. The second-order valence-corrected chi connectivity index (χ2v) is 8.14. The first-order chi connectivity index (χ1) is 10.5. The van der Waals surface area contributed by atoms with E-state index >= 15 is 0 Å². The van der Waals surface area contributed by atoms with Crippen molar-refractivity contribution in [3.05, 3.63) is 35.5 Å². The van der Waals surface area contributed by atoms with E-state index in [1.54, 1.807) is 0 Å². The summed E-state index contributed by atoms with van der Waals surface area (Å²) in [6, 6.07) is 0. The molecule has 2 atom stereocenters. The molecule has 0 aliphatic heterocycles. The molecule has 1 aliphatic carbocycles. The predicted molar refractivity (Wildman–Crippen MR) is 96.5 cm³/mol. The van der Waals surface area contributed by atoms with Gasteiger partial charge in [-0.1, -0.05) is 24.3 Å². The lowest BCUT2D eigenvalue weighted by atomic mass is 10.00. The average Bonchev–Trinajstić information content (AvgIpc) is 2.67. The quantitative estimate of drug-likeness (QED) is 0.767. The Morgan fingerprint density at radius 2 is 1.35 bits per heavy atom. The normalized spacial score (nSPS) is 19.2. The second kappa shape index (κ2) is 7.75. The van der Waals surface area contributed by atoms with Crippen LogP contribution in [0.25, 0.3) is 0 Å². The van der Waals surface area contributed by atoms with E-state index in [-0.39, 0.29) is 23.3 Å². The van der Waals surface area contributed by atoms with Crippen molar-refractivity contribution in [2.24, 2.45) is 5.90 Å². The third-order valence-electron chi connectivity index (χ3n) is 3.80. The Hall–Kier alpha value is -0.940. The van der Waals surface area contributed by atoms with E-state index in [0.29, 0.717) is 0 Å². The summed E-state index contributed by atoms with van der Waals surface area (Å²) in [5.74, 6) is 5.29. The SMILES string of the molecule is CC(ON)C1=CCC=C(C(C)ON(C(C)(C)C)C(C)(C)C)C=C1. The van der Waals surface area contributed by atoms with Crippen LogP contribution >= 0.6 is 0 Å². The lowest BCUT2D eigenvalue weighted by Crippen LogP contribution is -2.53. The molecule has 0 fully saturated rings. The molecular weight excluding hydrogens is 288 g/mol. The predicted octanol–water partition coefficient (Wildman–Crippen LogP) is 4.30. The van der Waals surface area contributed by atoms with Gasteiger partial charge in [-0.15, -0.1) is 0 Å². The zero-order valence-corrected chi connectivity index (χ0v) is 16.0. The minimum Gasteiger partial charge on any atom is -0.297 e. The van der Waals surface area contributed by atoms with Gasteiger partial charge in [-0.05, 0) is 73.0 Å². The lowest BCUT2D eigenvalue weighted by Gasteiger charge is -2.45. The molecule has 0 amide bonds. The number of hydrogen-bond donors (Lipinski definition) is 1. The van der Waals surface area contributed by atoms with Crippen molar-refractivity contribution in [3.8, 4) is 0 Å². The van der Waals surface area contributed by atoms with Gasteiger partial charge < -0.3 is 0 Å². The van der Waals surface area contributed by atoms with E-state index in [0.717, 1.165) is 12.0 Å². The van der Waals surface area contributed by atoms with Crippen molar-refractivity contribution >= 4 is 0 Å². The number of allylic oxidation sites excluding steroid dienone is 2. The molecule has 132 valence electrons. The summed E-state index contributed by atoms with van der Waals surface area (Å²) in [5.41, 5.74) is 2.10. The van der Waals surface area contributed by atoms with Gasteiger partial charge in [0.05, 0.1) is 0 Å². The Bertz CT molecular complexity index is 465. The Balaban J connectivity index is 2.86. The van der Waals surface area contributed by atoms with Crippen molar-refractivity contribution < 1.29 is 9.68 Å². The van der Waals surface area contributed by atoms with Crippen LogP contribution in [0, 0.1) is 0 Å². The van der Waals surface area contributed by atoms with E-state index in [1.165, 1.54) is 5.57 Å². The number of nitrogens with two attached hydrogens (primary N) is 1. The molecule has 0 heterocycles. The number of rotatable bonds is 5. The van der Waals surface area contributed by atoms with E-state index in [4.69, 9.17) is 15.6 Å². The van der Waals surface area contributed by atoms with Crippen LogP contribution in [-0.2, 0) is 9.68 Å². The maximum absolute atomic E-state index is 6.33. The van der Waals surface area contributed by atoms with Gasteiger partial charge in [-0.25, -0.2) is 5.90 Å². The van der Waals surface area contributed by atoms with Crippen LogP contribution in [0.4, 0.5) is 0 Å². The molecule has 0 aromatic rings. The molecule has 0 spiro atoms. The summed E-state index contributed by atoms with van der Waals surface area (Å²) in [6.07, 6.45) is 9.23. The van der Waals surface area contributed by atoms with E-state index in [1.807, 2.05) is 6.92 Å². The van der Waals surface area contributed by atoms with Gasteiger partial charge in [-0.2, -0.15) is 5.06 Å². The molecule has 0 saturated carbocycles. The van der Waals surface area contributed by atoms with Crippen molar-refractivity contribution in [1.29, 1.82) is 0 Å². The zero-order valence-electron chi connectivity index (χ0n) is 16.0. The monoisotopic (exact) mass is 322 g/mol. The highest BCUT2D eigenvalue weighted by Gasteiger charge is 2.34. The molecule has 0 saturated heterocycles. The first kappa shape index (κ1) is 20.1. The zero-order chi connectivity index (χ0) is 17.8. The Kier molecular flexibility index (Phi) is 6.78. The molecule has 23 heavy (non-hydrogen) atoms. The molecule has 1 aliphatic rings. The smallest absolute Gasteiger partial charge is 0.101 e. The molecule has 0 aromatic heterocycles. The molecule has 4 nitrogen and oxygen atoms in total. The van der Waals surface area contributed by atoms with Crippen LogP contribution in [0.3, 0.4) is 0 Å². The van der Waals surface area contributed by atoms with Gasteiger partial charge in [0.1, 0.15) is 12.2 Å². The summed E-state index contributed by atoms with van der Waals surface area (Å²) >= 11 is 0. The lowest BCUT2D eigenvalue weighted by molar-refractivity contribution is -0.272. The van der Waals surface area contributed by atoms with Gasteiger partial charge in [0.2, 0.25) is 0 Å². The summed E-state index contributed by atoms with van der Waals surface area (Å²) in [6.45, 7) is 17.1. The molecule has 2 N–H and O–H groups in total. The van der Waals surface area contributed by atoms with Gasteiger partial charge in [0.25, 0.3) is 0 Å². The molecule has 1 rings (SSSR count). The third kappa shape index (κ3) is 5.88. The standard InChI is InChI=1S/C19H34N2O2/c1-14(22-20)16-10-9-11-17(13-12-16)15(2)23-21(18(3,4)5)19(6,7)8/h10-15H,9,20H2,1-8H3. The minimum atomic E-state index is -0.101. The highest BCUT2D eigenvalue weighted by molar-refractivity contribution is 5.35. The summed E-state index contributed by atoms with van der Waals surface area (Å²) in [5, 5.41) is 2.09. The van der Waals surface area contributed by atoms with E-state index in [9.17, 15) is 0 Å². The Morgan fingerprint density at radius 3 is 1.74 bits per heavy atom. The maximum atomic E-state index is 6.33. The maximum Gasteiger partial charge on any atom is 0.101 e. The fourth-order valence-corrected chi connectivity index (χ4v) is 2.88. The summed E-state index contributed by atoms with van der Waals surface area (Å²) < 4.78 is 0. The van der Waals surface area contributed by atoms with Crippen LogP contribution in [0.2, 0.25) is 0 Å². The third-order valence-corrected chi connectivity index (χ3v) is 3.80. The second-order valence-electron chi connectivity index (χ2n) is 8.14. The van der Waals surface area contributed by atoms with Gasteiger partial charge >= 0.3 is 0 Å². The average molecular weight is 322 g/mol. The summed E-state index contributed by atoms with van der Waals surface area (Å²) in [7, 11) is 0. The largest absolute Gasteiger partial charge is 0.297 e. The van der Waals surface area contributed by atoms with Crippen molar-refractivity contribution in [2.45, 2.75) is 85.1 Å². The number of hydrogen-bond acceptors (Lipinski definition) is 4. The number of nitrogens with zero attached hydrogens (tertiary/aromatic N) is 1. The van der Waals surface area contributed by atoms with Crippen LogP contribution in [-0.4, -0.2) is 28.3 Å². The van der Waals surface area contributed by atoms with Gasteiger partial charge in [0, 0.05) is 11.1 Å².